The van der Waals surface area contributed by atoms with Gasteiger partial charge < -0.3 is 9.13 Å². The monoisotopic (exact) mass is 742 g/mol. The predicted molar refractivity (Wildman–Crippen MR) is 240 cm³/mol. The summed E-state index contributed by atoms with van der Waals surface area (Å²) >= 11 is 0. The number of para-hydroxylation sites is 2. The van der Waals surface area contributed by atoms with E-state index in [4.69, 9.17) is 0 Å². The maximum atomic E-state index is 10.9. The van der Waals surface area contributed by atoms with Gasteiger partial charge in [-0.3, -0.25) is 0 Å². The molecule has 0 saturated heterocycles. The van der Waals surface area contributed by atoms with Gasteiger partial charge in [0, 0.05) is 32.7 Å². The Morgan fingerprint density at radius 1 is 0.397 bits per heavy atom. The van der Waals surface area contributed by atoms with Crippen molar-refractivity contribution in [3.05, 3.63) is 191 Å². The Balaban J connectivity index is 1.25. The summed E-state index contributed by atoms with van der Waals surface area (Å²) in [7, 11) is 0. The van der Waals surface area contributed by atoms with Crippen LogP contribution in [0.1, 0.15) is 33.4 Å². The largest absolute Gasteiger partial charge is 0.309 e. The molecule has 0 bridgehead atoms. The van der Waals surface area contributed by atoms with Crippen LogP contribution >= 0.6 is 0 Å². The molecule has 0 radical (unpaired) electrons. The SMILES string of the molecule is Cc1ccc(-c2ccc3c(c2)c2ccccc2n3-c2ccc(C#N)cc2-c2c(C#N)cccc2-n2c3ccccc3c3cc(-c4ccc(C)cc4C)ccc32)c(C)c1. The van der Waals surface area contributed by atoms with E-state index in [2.05, 4.69) is 176 Å². The molecule has 2 aromatic heterocycles. The Hall–Kier alpha value is -7.66. The number of hydrogen-bond acceptors (Lipinski definition) is 2. The van der Waals surface area contributed by atoms with Crippen LogP contribution in [0.2, 0.25) is 0 Å². The van der Waals surface area contributed by atoms with E-state index in [1.54, 1.807) is 0 Å². The molecule has 274 valence electrons. The van der Waals surface area contributed by atoms with Gasteiger partial charge in [0.1, 0.15) is 0 Å². The lowest BCUT2D eigenvalue weighted by molar-refractivity contribution is 1.16. The van der Waals surface area contributed by atoms with Crippen LogP contribution < -0.4 is 0 Å². The van der Waals surface area contributed by atoms with Crippen molar-refractivity contribution in [2.75, 3.05) is 0 Å². The lowest BCUT2D eigenvalue weighted by atomic mass is 9.94. The zero-order valence-corrected chi connectivity index (χ0v) is 32.8. The molecule has 0 amide bonds. The van der Waals surface area contributed by atoms with Crippen molar-refractivity contribution in [3.63, 3.8) is 0 Å². The molecular formula is C54H38N4. The molecule has 4 nitrogen and oxygen atoms in total. The fraction of sp³-hybridized carbons (Fsp3) is 0.0741. The molecule has 2 heterocycles. The summed E-state index contributed by atoms with van der Waals surface area (Å²) < 4.78 is 4.59. The average molecular weight is 743 g/mol. The molecule has 0 aliphatic heterocycles. The van der Waals surface area contributed by atoms with E-state index in [1.165, 1.54) is 33.4 Å². The normalized spacial score (nSPS) is 11.4. The second-order valence-electron chi connectivity index (χ2n) is 15.5. The summed E-state index contributed by atoms with van der Waals surface area (Å²) in [6, 6.07) is 60.4. The van der Waals surface area contributed by atoms with E-state index >= 15 is 0 Å². The molecule has 10 aromatic rings. The minimum Gasteiger partial charge on any atom is -0.309 e. The van der Waals surface area contributed by atoms with E-state index in [0.29, 0.717) is 11.1 Å². The standard InChI is InChI=1S/C54H38N4/c1-33-16-21-41(35(3)26-33)38-19-24-50-45(29-38)43-11-5-7-13-48(43)57(50)52-23-18-37(31-55)28-47(52)54-40(32-56)10-9-15-53(54)58-49-14-8-6-12-44(49)46-30-39(20-25-51(46)58)42-22-17-34(2)27-36(42)4/h5-30H,1-4H3. The highest BCUT2D eigenvalue weighted by atomic mass is 15.0. The van der Waals surface area contributed by atoms with Gasteiger partial charge in [-0.15, -0.1) is 0 Å². The molecule has 10 rings (SSSR count). The first kappa shape index (κ1) is 34.8. The van der Waals surface area contributed by atoms with Crippen molar-refractivity contribution >= 4 is 43.6 Å². The molecule has 0 fully saturated rings. The number of hydrogen-bond donors (Lipinski definition) is 0. The van der Waals surface area contributed by atoms with Gasteiger partial charge in [0.25, 0.3) is 0 Å². The highest BCUT2D eigenvalue weighted by Gasteiger charge is 2.23. The maximum absolute atomic E-state index is 10.9. The molecule has 0 N–H and O–H groups in total. The van der Waals surface area contributed by atoms with Crippen LogP contribution in [0.3, 0.4) is 0 Å². The van der Waals surface area contributed by atoms with E-state index in [0.717, 1.165) is 77.2 Å². The molecule has 0 aliphatic carbocycles. The van der Waals surface area contributed by atoms with Crippen LogP contribution in [0, 0.1) is 50.4 Å². The lowest BCUT2D eigenvalue weighted by Gasteiger charge is -2.20. The van der Waals surface area contributed by atoms with Crippen molar-refractivity contribution < 1.29 is 0 Å². The van der Waals surface area contributed by atoms with Gasteiger partial charge in [-0.25, -0.2) is 0 Å². The first-order valence-corrected chi connectivity index (χ1v) is 19.6. The summed E-state index contributed by atoms with van der Waals surface area (Å²) in [4.78, 5) is 0. The third kappa shape index (κ3) is 5.42. The van der Waals surface area contributed by atoms with Gasteiger partial charge in [-0.1, -0.05) is 102 Å². The van der Waals surface area contributed by atoms with Gasteiger partial charge in [0.15, 0.2) is 0 Å². The Labute approximate surface area is 337 Å². The van der Waals surface area contributed by atoms with Gasteiger partial charge in [-0.2, -0.15) is 10.5 Å². The maximum Gasteiger partial charge on any atom is 0.0998 e. The average Bonchev–Trinajstić information content (AvgIpc) is 3.75. The highest BCUT2D eigenvalue weighted by molar-refractivity contribution is 6.13. The van der Waals surface area contributed by atoms with Crippen LogP contribution in [-0.2, 0) is 0 Å². The van der Waals surface area contributed by atoms with Gasteiger partial charge >= 0.3 is 0 Å². The Kier molecular flexibility index (Phi) is 8.11. The predicted octanol–water partition coefficient (Wildman–Crippen LogP) is 13.9. The van der Waals surface area contributed by atoms with Crippen molar-refractivity contribution in [1.82, 2.24) is 9.13 Å². The summed E-state index contributed by atoms with van der Waals surface area (Å²) in [5, 5.41) is 25.8. The Morgan fingerprint density at radius 2 is 0.931 bits per heavy atom. The molecule has 0 unspecified atom stereocenters. The number of fused-ring (bicyclic) bond motifs is 6. The summed E-state index contributed by atoms with van der Waals surface area (Å²) in [5.41, 5.74) is 18.3. The highest BCUT2D eigenvalue weighted by Crippen LogP contribution is 2.44. The third-order valence-corrected chi connectivity index (χ3v) is 11.8. The summed E-state index contributed by atoms with van der Waals surface area (Å²) in [6.07, 6.45) is 0. The molecular weight excluding hydrogens is 705 g/mol. The van der Waals surface area contributed by atoms with Crippen LogP contribution in [-0.4, -0.2) is 9.13 Å². The molecule has 8 aromatic carbocycles. The zero-order valence-electron chi connectivity index (χ0n) is 32.8. The van der Waals surface area contributed by atoms with Gasteiger partial charge in [-0.05, 0) is 128 Å². The first-order valence-electron chi connectivity index (χ1n) is 19.6. The molecule has 4 heteroatoms. The Morgan fingerprint density at radius 3 is 1.47 bits per heavy atom. The number of benzene rings is 8. The fourth-order valence-electron chi connectivity index (χ4n) is 9.18. The number of rotatable bonds is 5. The van der Waals surface area contributed by atoms with Crippen LogP contribution in [0.15, 0.2) is 158 Å². The second-order valence-corrected chi connectivity index (χ2v) is 15.5. The van der Waals surface area contributed by atoms with E-state index in [1.807, 2.05) is 30.3 Å². The minimum absolute atomic E-state index is 0.524. The number of nitrogens with zero attached hydrogens (tertiary/aromatic N) is 4. The van der Waals surface area contributed by atoms with Crippen molar-refractivity contribution in [2.24, 2.45) is 0 Å². The first-order chi connectivity index (χ1) is 28.3. The summed E-state index contributed by atoms with van der Waals surface area (Å²) in [6.45, 7) is 8.60. The second kappa shape index (κ2) is 13.5. The third-order valence-electron chi connectivity index (χ3n) is 11.8. The topological polar surface area (TPSA) is 57.4 Å². The van der Waals surface area contributed by atoms with Crippen LogP contribution in [0.4, 0.5) is 0 Å². The number of nitriles is 2. The number of aromatic nitrogens is 2. The molecule has 0 spiro atoms. The van der Waals surface area contributed by atoms with Crippen molar-refractivity contribution in [1.29, 1.82) is 10.5 Å². The summed E-state index contributed by atoms with van der Waals surface area (Å²) in [5.74, 6) is 0. The lowest BCUT2D eigenvalue weighted by Crippen LogP contribution is -2.04. The van der Waals surface area contributed by atoms with Crippen LogP contribution in [0.5, 0.6) is 0 Å². The molecule has 0 saturated carbocycles. The van der Waals surface area contributed by atoms with Gasteiger partial charge in [0.05, 0.1) is 56.7 Å². The van der Waals surface area contributed by atoms with E-state index < -0.39 is 0 Å². The Bertz CT molecular complexity index is 3410. The van der Waals surface area contributed by atoms with E-state index in [9.17, 15) is 10.5 Å². The quantitative estimate of drug-likeness (QED) is 0.176. The zero-order chi connectivity index (χ0) is 39.7. The smallest absolute Gasteiger partial charge is 0.0998 e. The van der Waals surface area contributed by atoms with E-state index in [-0.39, 0.29) is 0 Å². The minimum atomic E-state index is 0.524. The number of aryl methyl sites for hydroxylation is 4. The van der Waals surface area contributed by atoms with Crippen molar-refractivity contribution in [3.8, 4) is 56.9 Å². The molecule has 0 atom stereocenters. The fourth-order valence-corrected chi connectivity index (χ4v) is 9.18. The van der Waals surface area contributed by atoms with Crippen molar-refractivity contribution in [2.45, 2.75) is 27.7 Å². The van der Waals surface area contributed by atoms with Gasteiger partial charge in [0.2, 0.25) is 0 Å². The molecule has 0 aliphatic rings. The van der Waals surface area contributed by atoms with Crippen LogP contribution in [0.25, 0.3) is 88.4 Å². The molecule has 58 heavy (non-hydrogen) atoms.